The topological polar surface area (TPSA) is 55.8 Å². The number of nitrogens with zero attached hydrogens (tertiary/aromatic N) is 1. The molecule has 1 aliphatic heterocycles. The summed E-state index contributed by atoms with van der Waals surface area (Å²) in [5.41, 5.74) is 1.94. The van der Waals surface area contributed by atoms with Crippen LogP contribution < -0.4 is 9.47 Å². The van der Waals surface area contributed by atoms with E-state index < -0.39 is 10.0 Å². The summed E-state index contributed by atoms with van der Waals surface area (Å²) in [6.07, 6.45) is 2.61. The molecule has 1 aromatic rings. The summed E-state index contributed by atoms with van der Waals surface area (Å²) < 4.78 is 36.1. The van der Waals surface area contributed by atoms with Crippen LogP contribution in [0, 0.1) is 0 Å². The maximum atomic E-state index is 12.1. The molecule has 0 unspecified atom stereocenters. The first-order valence-electron chi connectivity index (χ1n) is 6.80. The number of benzene rings is 1. The number of sulfonamides is 1. The lowest BCUT2D eigenvalue weighted by Crippen LogP contribution is -2.38. The quantitative estimate of drug-likeness (QED) is 0.779. The first-order chi connectivity index (χ1) is 9.96. The van der Waals surface area contributed by atoms with Gasteiger partial charge in [0.2, 0.25) is 10.0 Å². The van der Waals surface area contributed by atoms with Gasteiger partial charge in [0.1, 0.15) is 0 Å². The molecule has 0 saturated heterocycles. The second kappa shape index (κ2) is 6.49. The summed E-state index contributed by atoms with van der Waals surface area (Å²) in [7, 11) is 0.0151. The highest BCUT2D eigenvalue weighted by atomic mass is 32.2. The lowest BCUT2D eigenvalue weighted by atomic mass is 10.1. The van der Waals surface area contributed by atoms with E-state index in [4.69, 9.17) is 9.47 Å². The Morgan fingerprint density at radius 3 is 2.52 bits per heavy atom. The fraction of sp³-hybridized carbons (Fsp3) is 0.467. The average Bonchev–Trinajstić information content (AvgIpc) is 2.45. The second-order valence-electron chi connectivity index (χ2n) is 5.10. The van der Waals surface area contributed by atoms with Gasteiger partial charge in [0.25, 0.3) is 0 Å². The van der Waals surface area contributed by atoms with E-state index in [9.17, 15) is 8.42 Å². The Hall–Kier alpha value is -1.53. The van der Waals surface area contributed by atoms with E-state index in [0.717, 1.165) is 11.1 Å². The monoisotopic (exact) mass is 311 g/mol. The molecule has 1 aromatic carbocycles. The Balaban J connectivity index is 2.07. The number of hydrogen-bond donors (Lipinski definition) is 0. The molecular weight excluding hydrogens is 290 g/mol. The smallest absolute Gasteiger partial charge is 0.218 e. The molecule has 0 fully saturated rings. The molecule has 5 nitrogen and oxygen atoms in total. The predicted octanol–water partition coefficient (Wildman–Crippen LogP) is 1.84. The molecule has 0 spiro atoms. The van der Waals surface area contributed by atoms with Crippen LogP contribution in [-0.4, -0.2) is 45.8 Å². The normalized spacial score (nSPS) is 18.1. The third kappa shape index (κ3) is 3.77. The van der Waals surface area contributed by atoms with E-state index >= 15 is 0 Å². The molecule has 0 N–H and O–H groups in total. The Kier molecular flexibility index (Phi) is 4.90. The fourth-order valence-electron chi connectivity index (χ4n) is 2.33. The summed E-state index contributed by atoms with van der Waals surface area (Å²) in [6, 6.07) is 5.65. The molecule has 21 heavy (non-hydrogen) atoms. The molecule has 1 heterocycles. The van der Waals surface area contributed by atoms with Crippen LogP contribution in [0.1, 0.15) is 12.5 Å². The van der Waals surface area contributed by atoms with Gasteiger partial charge in [-0.15, -0.1) is 0 Å². The highest BCUT2D eigenvalue weighted by Gasteiger charge is 2.24. The van der Waals surface area contributed by atoms with Crippen molar-refractivity contribution in [3.63, 3.8) is 0 Å². The summed E-state index contributed by atoms with van der Waals surface area (Å²) >= 11 is 0. The van der Waals surface area contributed by atoms with Gasteiger partial charge in [-0.2, -0.15) is 4.31 Å². The van der Waals surface area contributed by atoms with E-state index in [1.807, 2.05) is 31.2 Å². The van der Waals surface area contributed by atoms with Crippen LogP contribution in [0.3, 0.4) is 0 Å². The Labute approximate surface area is 126 Å². The van der Waals surface area contributed by atoms with Crippen molar-refractivity contribution in [2.45, 2.75) is 13.3 Å². The molecule has 0 aromatic heterocycles. The minimum atomic E-state index is -3.16. The third-order valence-electron chi connectivity index (χ3n) is 3.54. The largest absolute Gasteiger partial charge is 0.493 e. The zero-order valence-corrected chi connectivity index (χ0v) is 13.4. The van der Waals surface area contributed by atoms with Gasteiger partial charge in [-0.25, -0.2) is 8.42 Å². The molecule has 0 bridgehead atoms. The Morgan fingerprint density at radius 1 is 1.19 bits per heavy atom. The summed E-state index contributed by atoms with van der Waals surface area (Å²) in [6.45, 7) is 2.78. The van der Waals surface area contributed by atoms with Gasteiger partial charge >= 0.3 is 0 Å². The lowest BCUT2D eigenvalue weighted by Gasteiger charge is -2.25. The van der Waals surface area contributed by atoms with Crippen LogP contribution >= 0.6 is 0 Å². The van der Waals surface area contributed by atoms with Crippen LogP contribution in [0.5, 0.6) is 11.5 Å². The van der Waals surface area contributed by atoms with Crippen molar-refractivity contribution in [1.29, 1.82) is 0 Å². The van der Waals surface area contributed by atoms with E-state index in [1.54, 1.807) is 14.2 Å². The Bertz CT molecular complexity index is 637. The van der Waals surface area contributed by atoms with Gasteiger partial charge in [0.15, 0.2) is 11.5 Å². The van der Waals surface area contributed by atoms with Gasteiger partial charge in [0, 0.05) is 13.1 Å². The van der Waals surface area contributed by atoms with Crippen molar-refractivity contribution in [3.05, 3.63) is 35.4 Å². The minimum Gasteiger partial charge on any atom is -0.493 e. The molecule has 116 valence electrons. The lowest BCUT2D eigenvalue weighted by molar-refractivity contribution is 0.354. The summed E-state index contributed by atoms with van der Waals surface area (Å²) in [4.78, 5) is 0. The SMILES string of the molecule is COc1ccc(CCN2CC=C(C)CS2(=O)=O)cc1OC. The van der Waals surface area contributed by atoms with Crippen molar-refractivity contribution in [3.8, 4) is 11.5 Å². The summed E-state index contributed by atoms with van der Waals surface area (Å²) in [5.74, 6) is 1.46. The van der Waals surface area contributed by atoms with Crippen LogP contribution in [0.25, 0.3) is 0 Å². The van der Waals surface area contributed by atoms with Gasteiger partial charge in [0.05, 0.1) is 20.0 Å². The van der Waals surface area contributed by atoms with Crippen molar-refractivity contribution >= 4 is 10.0 Å². The highest BCUT2D eigenvalue weighted by Crippen LogP contribution is 2.28. The molecule has 0 aliphatic carbocycles. The maximum Gasteiger partial charge on any atom is 0.218 e. The van der Waals surface area contributed by atoms with Crippen molar-refractivity contribution in [2.24, 2.45) is 0 Å². The standard InChI is InChI=1S/C15H21NO4S/c1-12-6-8-16(21(17,18)11-12)9-7-13-4-5-14(19-2)15(10-13)20-3/h4-6,10H,7-9,11H2,1-3H3. The van der Waals surface area contributed by atoms with Crippen molar-refractivity contribution in [1.82, 2.24) is 4.31 Å². The van der Waals surface area contributed by atoms with Crippen LogP contribution in [0.4, 0.5) is 0 Å². The third-order valence-corrected chi connectivity index (χ3v) is 5.48. The zero-order chi connectivity index (χ0) is 15.5. The van der Waals surface area contributed by atoms with Crippen molar-refractivity contribution < 1.29 is 17.9 Å². The van der Waals surface area contributed by atoms with Gasteiger partial charge in [-0.05, 0) is 31.0 Å². The average molecular weight is 311 g/mol. The van der Waals surface area contributed by atoms with E-state index in [2.05, 4.69) is 0 Å². The number of ether oxygens (including phenoxy) is 2. The Morgan fingerprint density at radius 2 is 1.90 bits per heavy atom. The molecule has 0 amide bonds. The molecule has 2 rings (SSSR count). The van der Waals surface area contributed by atoms with E-state index in [0.29, 0.717) is 31.0 Å². The molecule has 1 aliphatic rings. The number of methoxy groups -OCH3 is 2. The number of rotatable bonds is 5. The first-order valence-corrected chi connectivity index (χ1v) is 8.41. The molecule has 6 heteroatoms. The first kappa shape index (κ1) is 15.9. The minimum absolute atomic E-state index is 0.124. The van der Waals surface area contributed by atoms with Crippen molar-refractivity contribution in [2.75, 3.05) is 33.1 Å². The summed E-state index contributed by atoms with van der Waals surface area (Å²) in [5, 5.41) is 0. The van der Waals surface area contributed by atoms with E-state index in [-0.39, 0.29) is 5.75 Å². The van der Waals surface area contributed by atoms with Gasteiger partial charge < -0.3 is 9.47 Å². The van der Waals surface area contributed by atoms with Gasteiger partial charge in [-0.3, -0.25) is 0 Å². The predicted molar refractivity (Wildman–Crippen MR) is 82.4 cm³/mol. The molecule has 0 saturated carbocycles. The highest BCUT2D eigenvalue weighted by molar-refractivity contribution is 7.89. The van der Waals surface area contributed by atoms with Crippen LogP contribution in [0.2, 0.25) is 0 Å². The number of hydrogen-bond acceptors (Lipinski definition) is 4. The fourth-order valence-corrected chi connectivity index (χ4v) is 3.88. The zero-order valence-electron chi connectivity index (χ0n) is 12.6. The second-order valence-corrected chi connectivity index (χ2v) is 7.07. The van der Waals surface area contributed by atoms with Crippen LogP contribution in [0.15, 0.2) is 29.8 Å². The molecular formula is C15H21NO4S. The van der Waals surface area contributed by atoms with Gasteiger partial charge in [-0.1, -0.05) is 17.7 Å². The molecule has 0 atom stereocenters. The molecule has 0 radical (unpaired) electrons. The maximum absolute atomic E-state index is 12.1. The van der Waals surface area contributed by atoms with Crippen LogP contribution in [-0.2, 0) is 16.4 Å². The van der Waals surface area contributed by atoms with E-state index in [1.165, 1.54) is 4.31 Å².